The van der Waals surface area contributed by atoms with Gasteiger partial charge in [0.15, 0.2) is 5.82 Å². The number of hydrogen-bond acceptors (Lipinski definition) is 4. The van der Waals surface area contributed by atoms with Crippen LogP contribution >= 0.6 is 0 Å². The van der Waals surface area contributed by atoms with E-state index in [2.05, 4.69) is 57.9 Å². The van der Waals surface area contributed by atoms with Crippen molar-refractivity contribution in [3.63, 3.8) is 0 Å². The molecule has 1 aromatic heterocycles. The third kappa shape index (κ3) is 2.18. The molecule has 21 heavy (non-hydrogen) atoms. The Balaban J connectivity index is 1.56. The summed E-state index contributed by atoms with van der Waals surface area (Å²) >= 11 is 0. The van der Waals surface area contributed by atoms with Crippen LogP contribution in [0.25, 0.3) is 11.1 Å². The van der Waals surface area contributed by atoms with E-state index in [1.807, 2.05) is 6.92 Å². The van der Waals surface area contributed by atoms with Gasteiger partial charge in [0, 0.05) is 5.69 Å². The summed E-state index contributed by atoms with van der Waals surface area (Å²) in [6, 6.07) is 15.1. The Bertz CT molecular complexity index is 807. The summed E-state index contributed by atoms with van der Waals surface area (Å²) in [5.41, 5.74) is 6.54. The lowest BCUT2D eigenvalue weighted by molar-refractivity contribution is 0.379. The number of nitrogens with zero attached hydrogens (tertiary/aromatic N) is 2. The SMILES string of the molecule is Cc1noc(CNc2ccc3c(c2)Cc2ccccc2-3)n1. The lowest BCUT2D eigenvalue weighted by atomic mass is 10.1. The van der Waals surface area contributed by atoms with Crippen molar-refractivity contribution in [2.75, 3.05) is 5.32 Å². The second-order valence-corrected chi connectivity index (χ2v) is 5.29. The Hall–Kier alpha value is -2.62. The van der Waals surface area contributed by atoms with Crippen LogP contribution in [-0.4, -0.2) is 10.1 Å². The van der Waals surface area contributed by atoms with Gasteiger partial charge in [-0.3, -0.25) is 0 Å². The van der Waals surface area contributed by atoms with Gasteiger partial charge in [0.25, 0.3) is 0 Å². The van der Waals surface area contributed by atoms with E-state index in [0.29, 0.717) is 18.3 Å². The number of hydrogen-bond donors (Lipinski definition) is 1. The van der Waals surface area contributed by atoms with Crippen LogP contribution in [0.2, 0.25) is 0 Å². The van der Waals surface area contributed by atoms with Gasteiger partial charge in [-0.25, -0.2) is 0 Å². The Morgan fingerprint density at radius 2 is 1.95 bits per heavy atom. The number of aryl methyl sites for hydroxylation is 1. The van der Waals surface area contributed by atoms with Crippen molar-refractivity contribution in [3.8, 4) is 11.1 Å². The molecule has 0 unspecified atom stereocenters. The fourth-order valence-electron chi connectivity index (χ4n) is 2.84. The summed E-state index contributed by atoms with van der Waals surface area (Å²) in [4.78, 5) is 4.19. The molecule has 1 heterocycles. The van der Waals surface area contributed by atoms with E-state index in [9.17, 15) is 0 Å². The van der Waals surface area contributed by atoms with Crippen LogP contribution in [0.5, 0.6) is 0 Å². The zero-order valence-electron chi connectivity index (χ0n) is 11.8. The van der Waals surface area contributed by atoms with Crippen molar-refractivity contribution in [2.24, 2.45) is 0 Å². The zero-order valence-corrected chi connectivity index (χ0v) is 11.8. The van der Waals surface area contributed by atoms with Gasteiger partial charge in [-0.1, -0.05) is 35.5 Å². The average molecular weight is 277 g/mol. The van der Waals surface area contributed by atoms with Crippen molar-refractivity contribution in [3.05, 3.63) is 65.3 Å². The lowest BCUT2D eigenvalue weighted by Crippen LogP contribution is -2.00. The Kier molecular flexibility index (Phi) is 2.74. The molecule has 2 aromatic carbocycles. The van der Waals surface area contributed by atoms with Crippen LogP contribution in [0.4, 0.5) is 5.69 Å². The van der Waals surface area contributed by atoms with E-state index in [0.717, 1.165) is 12.1 Å². The molecule has 1 aliphatic carbocycles. The molecule has 0 aliphatic heterocycles. The third-order valence-corrected chi connectivity index (χ3v) is 3.81. The van der Waals surface area contributed by atoms with Gasteiger partial charge in [0.2, 0.25) is 5.89 Å². The maximum absolute atomic E-state index is 5.11. The van der Waals surface area contributed by atoms with Gasteiger partial charge in [0.1, 0.15) is 0 Å². The highest BCUT2D eigenvalue weighted by molar-refractivity contribution is 5.78. The molecule has 104 valence electrons. The molecule has 0 atom stereocenters. The first kappa shape index (κ1) is 12.1. The molecule has 4 heteroatoms. The fraction of sp³-hybridized carbons (Fsp3) is 0.176. The van der Waals surface area contributed by atoms with E-state index in [1.165, 1.54) is 22.3 Å². The molecule has 0 saturated carbocycles. The standard InChI is InChI=1S/C17H15N3O/c1-11-19-17(21-20-11)10-18-14-6-7-16-13(9-14)8-12-4-2-3-5-15(12)16/h2-7,9,18H,8,10H2,1H3. The number of fused-ring (bicyclic) bond motifs is 3. The Labute approximate surface area is 122 Å². The van der Waals surface area contributed by atoms with Crippen LogP contribution in [0.3, 0.4) is 0 Å². The molecule has 4 rings (SSSR count). The Morgan fingerprint density at radius 1 is 1.10 bits per heavy atom. The summed E-state index contributed by atoms with van der Waals surface area (Å²) in [6.07, 6.45) is 1.00. The molecule has 0 saturated heterocycles. The van der Waals surface area contributed by atoms with Gasteiger partial charge in [0.05, 0.1) is 6.54 Å². The first-order valence-electron chi connectivity index (χ1n) is 7.04. The summed E-state index contributed by atoms with van der Waals surface area (Å²) in [6.45, 7) is 2.37. The second kappa shape index (κ2) is 4.74. The molecular weight excluding hydrogens is 262 g/mol. The van der Waals surface area contributed by atoms with Crippen molar-refractivity contribution >= 4 is 5.69 Å². The number of benzene rings is 2. The van der Waals surface area contributed by atoms with Gasteiger partial charge in [-0.05, 0) is 47.7 Å². The number of aromatic nitrogens is 2. The van der Waals surface area contributed by atoms with Gasteiger partial charge in [-0.2, -0.15) is 4.98 Å². The number of rotatable bonds is 3. The minimum absolute atomic E-state index is 0.548. The molecule has 0 fully saturated rings. The van der Waals surface area contributed by atoms with Crippen LogP contribution < -0.4 is 5.32 Å². The van der Waals surface area contributed by atoms with Crippen LogP contribution in [0.15, 0.2) is 47.0 Å². The maximum Gasteiger partial charge on any atom is 0.245 e. The molecular formula is C17H15N3O. The molecule has 0 amide bonds. The van der Waals surface area contributed by atoms with Crippen molar-refractivity contribution in [1.29, 1.82) is 0 Å². The first-order chi connectivity index (χ1) is 10.3. The van der Waals surface area contributed by atoms with Gasteiger partial charge < -0.3 is 9.84 Å². The highest BCUT2D eigenvalue weighted by Crippen LogP contribution is 2.37. The first-order valence-corrected chi connectivity index (χ1v) is 7.04. The second-order valence-electron chi connectivity index (χ2n) is 5.29. The predicted molar refractivity (Wildman–Crippen MR) is 81.0 cm³/mol. The van der Waals surface area contributed by atoms with Crippen LogP contribution in [0, 0.1) is 6.92 Å². The predicted octanol–water partition coefficient (Wildman–Crippen LogP) is 3.56. The summed E-state index contributed by atoms with van der Waals surface area (Å²) in [7, 11) is 0. The Morgan fingerprint density at radius 3 is 2.81 bits per heavy atom. The van der Waals surface area contributed by atoms with E-state index >= 15 is 0 Å². The van der Waals surface area contributed by atoms with Gasteiger partial charge in [-0.15, -0.1) is 0 Å². The molecule has 1 N–H and O–H groups in total. The summed E-state index contributed by atoms with van der Waals surface area (Å²) < 4.78 is 5.11. The van der Waals surface area contributed by atoms with E-state index < -0.39 is 0 Å². The monoisotopic (exact) mass is 277 g/mol. The normalized spacial score (nSPS) is 12.0. The minimum Gasteiger partial charge on any atom is -0.376 e. The molecule has 0 bridgehead atoms. The van der Waals surface area contributed by atoms with E-state index in [4.69, 9.17) is 4.52 Å². The number of anilines is 1. The quantitative estimate of drug-likeness (QED) is 0.622. The summed E-state index contributed by atoms with van der Waals surface area (Å²) in [5, 5.41) is 7.12. The minimum atomic E-state index is 0.548. The van der Waals surface area contributed by atoms with E-state index in [-0.39, 0.29) is 0 Å². The molecule has 0 spiro atoms. The zero-order chi connectivity index (χ0) is 14.2. The highest BCUT2D eigenvalue weighted by Gasteiger charge is 2.17. The van der Waals surface area contributed by atoms with Gasteiger partial charge >= 0.3 is 0 Å². The third-order valence-electron chi connectivity index (χ3n) is 3.81. The van der Waals surface area contributed by atoms with Crippen LogP contribution in [0.1, 0.15) is 22.8 Å². The molecule has 0 radical (unpaired) electrons. The fourth-order valence-corrected chi connectivity index (χ4v) is 2.84. The molecule has 1 aliphatic rings. The smallest absolute Gasteiger partial charge is 0.245 e. The van der Waals surface area contributed by atoms with Crippen molar-refractivity contribution < 1.29 is 4.52 Å². The highest BCUT2D eigenvalue weighted by atomic mass is 16.5. The van der Waals surface area contributed by atoms with Crippen LogP contribution in [-0.2, 0) is 13.0 Å². The number of nitrogens with one attached hydrogen (secondary N) is 1. The van der Waals surface area contributed by atoms with E-state index in [1.54, 1.807) is 0 Å². The maximum atomic E-state index is 5.11. The van der Waals surface area contributed by atoms with Crippen molar-refractivity contribution in [1.82, 2.24) is 10.1 Å². The topological polar surface area (TPSA) is 51.0 Å². The van der Waals surface area contributed by atoms with Crippen molar-refractivity contribution in [2.45, 2.75) is 19.9 Å². The summed E-state index contributed by atoms with van der Waals surface area (Å²) in [5.74, 6) is 1.27. The lowest BCUT2D eigenvalue weighted by Gasteiger charge is -2.06. The largest absolute Gasteiger partial charge is 0.376 e. The molecule has 4 nitrogen and oxygen atoms in total. The average Bonchev–Trinajstić information content (AvgIpc) is 3.07. The molecule has 3 aromatic rings.